The quantitative estimate of drug-likeness (QED) is 0.291. The summed E-state index contributed by atoms with van der Waals surface area (Å²) in [4.78, 5) is 58.6. The molecule has 1 unspecified atom stereocenters. The Hall–Kier alpha value is -4.81. The van der Waals surface area contributed by atoms with Gasteiger partial charge in [0.1, 0.15) is 23.1 Å². The van der Waals surface area contributed by atoms with Gasteiger partial charge < -0.3 is 30.3 Å². The van der Waals surface area contributed by atoms with Crippen LogP contribution in [0.1, 0.15) is 47.5 Å². The van der Waals surface area contributed by atoms with Gasteiger partial charge in [0.2, 0.25) is 5.91 Å². The minimum atomic E-state index is -1.03. The van der Waals surface area contributed by atoms with Crippen LogP contribution in [0.4, 0.5) is 27.9 Å². The molecule has 1 fully saturated rings. The topological polar surface area (TPSA) is 163 Å². The molecular weight excluding hydrogens is 564 g/mol. The van der Waals surface area contributed by atoms with E-state index in [1.807, 2.05) is 46.8 Å². The standard InChI is InChI=1S/C31H40N8O5/c1-20(2)14-22(16-28(40)41)29(42)35-23-17-24(36-25(18-23)37-26-19-32-8-9-33-26)21-6-7-34-27(15-21)38-10-12-39(13-11-38)30(43)44-31(3,4)5/h6-9,15,17-20,22H,10-14,16H2,1-5H3,(H,40,41)(H2,33,35,36,37,42). The summed E-state index contributed by atoms with van der Waals surface area (Å²) >= 11 is 0. The Labute approximate surface area is 257 Å². The van der Waals surface area contributed by atoms with E-state index in [0.717, 1.165) is 11.4 Å². The Bertz CT molecular complexity index is 1450. The fourth-order valence-electron chi connectivity index (χ4n) is 4.81. The van der Waals surface area contributed by atoms with E-state index in [2.05, 4.69) is 30.5 Å². The van der Waals surface area contributed by atoms with E-state index in [1.54, 1.807) is 41.8 Å². The molecule has 0 radical (unpaired) electrons. The van der Waals surface area contributed by atoms with E-state index in [4.69, 9.17) is 9.72 Å². The first kappa shape index (κ1) is 32.1. The van der Waals surface area contributed by atoms with Gasteiger partial charge in [0, 0.05) is 68.0 Å². The van der Waals surface area contributed by atoms with Gasteiger partial charge in [-0.25, -0.2) is 19.7 Å². The maximum absolute atomic E-state index is 13.2. The average Bonchev–Trinajstić information content (AvgIpc) is 2.96. The second-order valence-corrected chi connectivity index (χ2v) is 12.1. The van der Waals surface area contributed by atoms with Gasteiger partial charge in [-0.3, -0.25) is 14.6 Å². The lowest BCUT2D eigenvalue weighted by Crippen LogP contribution is -2.50. The highest BCUT2D eigenvalue weighted by molar-refractivity contribution is 5.95. The highest BCUT2D eigenvalue weighted by atomic mass is 16.6. The van der Waals surface area contributed by atoms with Crippen LogP contribution < -0.4 is 15.5 Å². The third-order valence-corrected chi connectivity index (χ3v) is 6.76. The number of nitrogens with one attached hydrogen (secondary N) is 2. The van der Waals surface area contributed by atoms with Crippen molar-refractivity contribution in [2.75, 3.05) is 41.7 Å². The van der Waals surface area contributed by atoms with Crippen molar-refractivity contribution in [1.82, 2.24) is 24.8 Å². The molecule has 1 aliphatic heterocycles. The number of carbonyl (C=O) groups is 3. The van der Waals surface area contributed by atoms with Crippen LogP contribution in [0.2, 0.25) is 0 Å². The first-order chi connectivity index (χ1) is 20.9. The molecule has 0 spiro atoms. The van der Waals surface area contributed by atoms with Crippen molar-refractivity contribution < 1.29 is 24.2 Å². The van der Waals surface area contributed by atoms with Crippen molar-refractivity contribution in [3.8, 4) is 11.3 Å². The molecule has 1 atom stereocenters. The van der Waals surface area contributed by atoms with Crippen molar-refractivity contribution in [3.05, 3.63) is 49.1 Å². The molecule has 3 aromatic heterocycles. The number of amides is 2. The molecule has 13 nitrogen and oxygen atoms in total. The SMILES string of the molecule is CC(C)CC(CC(=O)O)C(=O)Nc1cc(Nc2cnccn2)nc(-c2ccnc(N3CCN(C(=O)OC(C)(C)C)CC3)c2)c1. The number of ether oxygens (including phenoxy) is 1. The highest BCUT2D eigenvalue weighted by Crippen LogP contribution is 2.29. The lowest BCUT2D eigenvalue weighted by Gasteiger charge is -2.36. The summed E-state index contributed by atoms with van der Waals surface area (Å²) in [7, 11) is 0. The van der Waals surface area contributed by atoms with E-state index in [9.17, 15) is 19.5 Å². The van der Waals surface area contributed by atoms with Gasteiger partial charge >= 0.3 is 12.1 Å². The summed E-state index contributed by atoms with van der Waals surface area (Å²) in [5.74, 6) is -0.327. The predicted molar refractivity (Wildman–Crippen MR) is 167 cm³/mol. The second-order valence-electron chi connectivity index (χ2n) is 12.1. The molecule has 1 saturated heterocycles. The minimum absolute atomic E-state index is 0.147. The molecule has 3 aromatic rings. The van der Waals surface area contributed by atoms with Crippen LogP contribution in [0, 0.1) is 11.8 Å². The maximum Gasteiger partial charge on any atom is 0.410 e. The van der Waals surface area contributed by atoms with Crippen LogP contribution in [0.3, 0.4) is 0 Å². The molecule has 0 aliphatic carbocycles. The number of carbonyl (C=O) groups excluding carboxylic acids is 2. The Morgan fingerprint density at radius 3 is 2.39 bits per heavy atom. The number of hydrogen-bond donors (Lipinski definition) is 3. The van der Waals surface area contributed by atoms with Crippen LogP contribution in [0.15, 0.2) is 49.1 Å². The smallest absolute Gasteiger partial charge is 0.410 e. The van der Waals surface area contributed by atoms with Crippen LogP contribution in [-0.4, -0.2) is 79.7 Å². The van der Waals surface area contributed by atoms with Gasteiger partial charge in [-0.1, -0.05) is 13.8 Å². The summed E-state index contributed by atoms with van der Waals surface area (Å²) in [6, 6.07) is 7.15. The number of carboxylic acids is 1. The number of nitrogens with zero attached hydrogens (tertiary/aromatic N) is 6. The van der Waals surface area contributed by atoms with E-state index < -0.39 is 17.5 Å². The van der Waals surface area contributed by atoms with Crippen molar-refractivity contribution in [2.24, 2.45) is 11.8 Å². The summed E-state index contributed by atoms with van der Waals surface area (Å²) < 4.78 is 5.51. The molecule has 234 valence electrons. The van der Waals surface area contributed by atoms with Crippen LogP contribution >= 0.6 is 0 Å². The third kappa shape index (κ3) is 9.35. The summed E-state index contributed by atoms with van der Waals surface area (Å²) in [6.45, 7) is 11.6. The third-order valence-electron chi connectivity index (χ3n) is 6.76. The molecule has 0 aromatic carbocycles. The zero-order chi connectivity index (χ0) is 31.9. The fourth-order valence-corrected chi connectivity index (χ4v) is 4.81. The van der Waals surface area contributed by atoms with Gasteiger partial charge in [0.05, 0.1) is 18.3 Å². The summed E-state index contributed by atoms with van der Waals surface area (Å²) in [5, 5.41) is 15.4. The monoisotopic (exact) mass is 604 g/mol. The van der Waals surface area contributed by atoms with Gasteiger partial charge in [-0.2, -0.15) is 0 Å². The molecule has 0 saturated carbocycles. The van der Waals surface area contributed by atoms with Gasteiger partial charge in [0.25, 0.3) is 0 Å². The van der Waals surface area contributed by atoms with E-state index >= 15 is 0 Å². The number of aliphatic carboxylic acids is 1. The van der Waals surface area contributed by atoms with Crippen molar-refractivity contribution >= 4 is 41.1 Å². The Morgan fingerprint density at radius 1 is 1.00 bits per heavy atom. The number of rotatable bonds is 10. The molecule has 0 bridgehead atoms. The molecule has 2 amide bonds. The number of piperazine rings is 1. The molecular formula is C31H40N8O5. The molecule has 3 N–H and O–H groups in total. The number of carboxylic acid groups (broad SMARTS) is 1. The highest BCUT2D eigenvalue weighted by Gasteiger charge is 2.27. The summed E-state index contributed by atoms with van der Waals surface area (Å²) in [5.41, 5.74) is 1.21. The van der Waals surface area contributed by atoms with Gasteiger partial charge in [-0.15, -0.1) is 0 Å². The second kappa shape index (κ2) is 14.1. The predicted octanol–water partition coefficient (Wildman–Crippen LogP) is 4.81. The summed E-state index contributed by atoms with van der Waals surface area (Å²) in [6.07, 6.45) is 6.21. The number of anilines is 4. The van der Waals surface area contributed by atoms with Gasteiger partial charge in [0.15, 0.2) is 0 Å². The molecule has 4 heterocycles. The molecule has 4 rings (SSSR count). The number of hydrogen-bond acceptors (Lipinski definition) is 10. The normalized spacial score (nSPS) is 14.2. The Morgan fingerprint density at radius 2 is 1.75 bits per heavy atom. The molecule has 44 heavy (non-hydrogen) atoms. The Balaban J connectivity index is 1.58. The first-order valence-electron chi connectivity index (χ1n) is 14.6. The van der Waals surface area contributed by atoms with Crippen molar-refractivity contribution in [3.63, 3.8) is 0 Å². The first-order valence-corrected chi connectivity index (χ1v) is 14.6. The minimum Gasteiger partial charge on any atom is -0.481 e. The van der Waals surface area contributed by atoms with Crippen LogP contribution in [0.25, 0.3) is 11.3 Å². The van der Waals surface area contributed by atoms with Crippen molar-refractivity contribution in [1.29, 1.82) is 0 Å². The van der Waals surface area contributed by atoms with E-state index in [0.29, 0.717) is 55.6 Å². The molecule has 13 heteroatoms. The van der Waals surface area contributed by atoms with Crippen LogP contribution in [0.5, 0.6) is 0 Å². The largest absolute Gasteiger partial charge is 0.481 e. The van der Waals surface area contributed by atoms with E-state index in [1.165, 1.54) is 0 Å². The molecule has 1 aliphatic rings. The zero-order valence-corrected chi connectivity index (χ0v) is 25.8. The zero-order valence-electron chi connectivity index (χ0n) is 25.8. The number of aromatic nitrogens is 4. The Kier molecular flexibility index (Phi) is 10.3. The van der Waals surface area contributed by atoms with E-state index in [-0.39, 0.29) is 24.3 Å². The lowest BCUT2D eigenvalue weighted by molar-refractivity contribution is -0.140. The van der Waals surface area contributed by atoms with Crippen molar-refractivity contribution in [2.45, 2.75) is 53.1 Å². The van der Waals surface area contributed by atoms with Crippen LogP contribution in [-0.2, 0) is 14.3 Å². The van der Waals surface area contributed by atoms with Gasteiger partial charge in [-0.05, 0) is 51.3 Å². The lowest BCUT2D eigenvalue weighted by atomic mass is 9.93. The number of pyridine rings is 2. The maximum atomic E-state index is 13.2. The average molecular weight is 605 g/mol. The fraction of sp³-hybridized carbons (Fsp3) is 0.452.